The Bertz CT molecular complexity index is 513. The maximum Gasteiger partial charge on any atom is 0.243 e. The van der Waals surface area contributed by atoms with Gasteiger partial charge in [-0.3, -0.25) is 9.59 Å². The van der Waals surface area contributed by atoms with Crippen molar-refractivity contribution in [3.8, 4) is 11.5 Å². The number of ether oxygens (including phenoxy) is 2. The largest absolute Gasteiger partial charge is 0.497 e. The van der Waals surface area contributed by atoms with Gasteiger partial charge < -0.3 is 25.4 Å². The molecule has 0 atom stereocenters. The second kappa shape index (κ2) is 8.45. The molecule has 0 saturated carbocycles. The van der Waals surface area contributed by atoms with Crippen LogP contribution in [0.1, 0.15) is 0 Å². The Morgan fingerprint density at radius 3 is 2.23 bits per heavy atom. The number of anilines is 1. The van der Waals surface area contributed by atoms with Crippen molar-refractivity contribution in [3.63, 3.8) is 0 Å². The average molecular weight is 330 g/mol. The SMILES string of the molecule is COc1cc(NC(=O)CNC(=O)C2CNC2)cc(OC)c1.Cl. The molecule has 0 aromatic heterocycles. The molecule has 1 saturated heterocycles. The van der Waals surface area contributed by atoms with E-state index in [0.717, 1.165) is 0 Å². The molecule has 0 spiro atoms. The van der Waals surface area contributed by atoms with Crippen molar-refractivity contribution in [1.82, 2.24) is 10.6 Å². The van der Waals surface area contributed by atoms with Crippen LogP contribution in [0.3, 0.4) is 0 Å². The standard InChI is InChI=1S/C14H19N3O4.ClH/c1-20-11-3-10(4-12(5-11)21-2)17-13(18)8-16-14(19)9-6-15-7-9;/h3-5,9,15H,6-8H2,1-2H3,(H,16,19)(H,17,18);1H. The predicted octanol–water partition coefficient (Wildman–Crippen LogP) is 0.400. The van der Waals surface area contributed by atoms with E-state index in [4.69, 9.17) is 9.47 Å². The Hall–Kier alpha value is -1.99. The maximum atomic E-state index is 11.8. The molecule has 1 fully saturated rings. The molecule has 1 aliphatic rings. The number of methoxy groups -OCH3 is 2. The Kier molecular flexibility index (Phi) is 6.94. The van der Waals surface area contributed by atoms with Gasteiger partial charge in [0.05, 0.1) is 26.7 Å². The summed E-state index contributed by atoms with van der Waals surface area (Å²) in [4.78, 5) is 23.4. The summed E-state index contributed by atoms with van der Waals surface area (Å²) in [7, 11) is 3.07. The quantitative estimate of drug-likeness (QED) is 0.703. The molecule has 3 N–H and O–H groups in total. The summed E-state index contributed by atoms with van der Waals surface area (Å²) in [6, 6.07) is 5.07. The maximum absolute atomic E-state index is 11.8. The molecule has 7 nitrogen and oxygen atoms in total. The minimum absolute atomic E-state index is 0. The van der Waals surface area contributed by atoms with Gasteiger partial charge in [0.25, 0.3) is 0 Å². The van der Waals surface area contributed by atoms with E-state index in [-0.39, 0.29) is 36.7 Å². The van der Waals surface area contributed by atoms with Crippen LogP contribution in [0, 0.1) is 5.92 Å². The third-order valence-electron chi connectivity index (χ3n) is 3.21. The van der Waals surface area contributed by atoms with Gasteiger partial charge in [0, 0.05) is 37.0 Å². The first-order chi connectivity index (χ1) is 10.1. The van der Waals surface area contributed by atoms with E-state index in [1.807, 2.05) is 0 Å². The van der Waals surface area contributed by atoms with Gasteiger partial charge in [0.15, 0.2) is 0 Å². The Labute approximate surface area is 135 Å². The van der Waals surface area contributed by atoms with Crippen molar-refractivity contribution < 1.29 is 19.1 Å². The number of carbonyl (C=O) groups is 2. The zero-order valence-electron chi connectivity index (χ0n) is 12.5. The summed E-state index contributed by atoms with van der Waals surface area (Å²) >= 11 is 0. The van der Waals surface area contributed by atoms with E-state index in [2.05, 4.69) is 16.0 Å². The first-order valence-electron chi connectivity index (χ1n) is 6.63. The van der Waals surface area contributed by atoms with Crippen LogP contribution in [0.15, 0.2) is 18.2 Å². The van der Waals surface area contributed by atoms with Crippen LogP contribution in [0.4, 0.5) is 5.69 Å². The number of benzene rings is 1. The van der Waals surface area contributed by atoms with E-state index < -0.39 is 0 Å². The lowest BCUT2D eigenvalue weighted by Gasteiger charge is -2.25. The fourth-order valence-electron chi connectivity index (χ4n) is 1.87. The molecule has 122 valence electrons. The summed E-state index contributed by atoms with van der Waals surface area (Å²) in [5.41, 5.74) is 0.552. The molecule has 1 aromatic rings. The van der Waals surface area contributed by atoms with Crippen molar-refractivity contribution in [2.24, 2.45) is 5.92 Å². The van der Waals surface area contributed by atoms with E-state index >= 15 is 0 Å². The fourth-order valence-corrected chi connectivity index (χ4v) is 1.87. The molecule has 1 aromatic carbocycles. The summed E-state index contributed by atoms with van der Waals surface area (Å²) < 4.78 is 10.2. The van der Waals surface area contributed by atoms with E-state index in [0.29, 0.717) is 30.3 Å². The molecule has 22 heavy (non-hydrogen) atoms. The first-order valence-corrected chi connectivity index (χ1v) is 6.63. The molecular weight excluding hydrogens is 310 g/mol. The van der Waals surface area contributed by atoms with E-state index in [1.165, 1.54) is 14.2 Å². The average Bonchev–Trinajstić information content (AvgIpc) is 2.42. The highest BCUT2D eigenvalue weighted by atomic mass is 35.5. The molecule has 0 unspecified atom stereocenters. The van der Waals surface area contributed by atoms with E-state index in [9.17, 15) is 9.59 Å². The van der Waals surface area contributed by atoms with Crippen LogP contribution in [-0.4, -0.2) is 45.7 Å². The summed E-state index contributed by atoms with van der Waals surface area (Å²) in [5.74, 6) is 0.719. The zero-order chi connectivity index (χ0) is 15.2. The molecule has 0 radical (unpaired) electrons. The van der Waals surface area contributed by atoms with Crippen molar-refractivity contribution in [3.05, 3.63) is 18.2 Å². The Morgan fingerprint density at radius 2 is 1.77 bits per heavy atom. The summed E-state index contributed by atoms with van der Waals surface area (Å²) in [5, 5.41) is 8.31. The van der Waals surface area contributed by atoms with Crippen LogP contribution in [0.25, 0.3) is 0 Å². The molecule has 0 aliphatic carbocycles. The predicted molar refractivity (Wildman–Crippen MR) is 84.8 cm³/mol. The number of amides is 2. The van der Waals surface area contributed by atoms with Crippen LogP contribution >= 0.6 is 12.4 Å². The Balaban J connectivity index is 0.00000242. The lowest BCUT2D eigenvalue weighted by Crippen LogP contribution is -2.51. The fraction of sp³-hybridized carbons (Fsp3) is 0.429. The lowest BCUT2D eigenvalue weighted by molar-refractivity contribution is -0.128. The number of hydrogen-bond donors (Lipinski definition) is 3. The van der Waals surface area contributed by atoms with Gasteiger partial charge in [-0.2, -0.15) is 0 Å². The van der Waals surface area contributed by atoms with Gasteiger partial charge in [-0.1, -0.05) is 0 Å². The monoisotopic (exact) mass is 329 g/mol. The summed E-state index contributed by atoms with van der Waals surface area (Å²) in [6.07, 6.45) is 0. The van der Waals surface area contributed by atoms with Gasteiger partial charge >= 0.3 is 0 Å². The lowest BCUT2D eigenvalue weighted by atomic mass is 10.0. The van der Waals surface area contributed by atoms with Crippen molar-refractivity contribution >= 4 is 29.9 Å². The Morgan fingerprint density at radius 1 is 1.18 bits per heavy atom. The van der Waals surface area contributed by atoms with Gasteiger partial charge in [-0.05, 0) is 0 Å². The zero-order valence-corrected chi connectivity index (χ0v) is 13.3. The second-order valence-corrected chi connectivity index (χ2v) is 4.72. The third-order valence-corrected chi connectivity index (χ3v) is 3.21. The van der Waals surface area contributed by atoms with Crippen molar-refractivity contribution in [2.45, 2.75) is 0 Å². The van der Waals surface area contributed by atoms with Crippen LogP contribution in [0.5, 0.6) is 11.5 Å². The van der Waals surface area contributed by atoms with Gasteiger partial charge in [0.2, 0.25) is 11.8 Å². The highest BCUT2D eigenvalue weighted by molar-refractivity contribution is 5.95. The molecule has 8 heteroatoms. The van der Waals surface area contributed by atoms with Gasteiger partial charge in [-0.25, -0.2) is 0 Å². The van der Waals surface area contributed by atoms with E-state index in [1.54, 1.807) is 18.2 Å². The minimum atomic E-state index is -0.300. The number of hydrogen-bond acceptors (Lipinski definition) is 5. The van der Waals surface area contributed by atoms with Crippen LogP contribution < -0.4 is 25.4 Å². The smallest absolute Gasteiger partial charge is 0.243 e. The highest BCUT2D eigenvalue weighted by Gasteiger charge is 2.24. The molecule has 2 rings (SSSR count). The number of nitrogens with one attached hydrogen (secondary N) is 3. The number of rotatable bonds is 6. The molecule has 2 amide bonds. The molecular formula is C14H20ClN3O4. The normalized spacial score (nSPS) is 13.4. The number of halogens is 1. The van der Waals surface area contributed by atoms with Gasteiger partial charge in [0.1, 0.15) is 11.5 Å². The molecule has 1 aliphatic heterocycles. The molecule has 0 bridgehead atoms. The topological polar surface area (TPSA) is 88.7 Å². The minimum Gasteiger partial charge on any atom is -0.497 e. The second-order valence-electron chi connectivity index (χ2n) is 4.72. The number of carbonyl (C=O) groups excluding carboxylic acids is 2. The van der Waals surface area contributed by atoms with Crippen molar-refractivity contribution in [1.29, 1.82) is 0 Å². The third kappa shape index (κ3) is 4.78. The van der Waals surface area contributed by atoms with Crippen LogP contribution in [0.2, 0.25) is 0 Å². The highest BCUT2D eigenvalue weighted by Crippen LogP contribution is 2.25. The summed E-state index contributed by atoms with van der Waals surface area (Å²) in [6.45, 7) is 1.27. The molecule has 1 heterocycles. The first kappa shape index (κ1) is 18.1. The van der Waals surface area contributed by atoms with Gasteiger partial charge in [-0.15, -0.1) is 12.4 Å². The van der Waals surface area contributed by atoms with Crippen LogP contribution in [-0.2, 0) is 9.59 Å². The van der Waals surface area contributed by atoms with Crippen molar-refractivity contribution in [2.75, 3.05) is 39.2 Å².